The normalized spacial score (nSPS) is 12.0. The number of hydrogen-bond acceptors (Lipinski definition) is 4. The molecule has 0 aliphatic carbocycles. The number of nitrogens with zero attached hydrogens (tertiary/aromatic N) is 4. The molecule has 1 aromatic heterocycles. The molecule has 1 amide bonds. The Bertz CT molecular complexity index is 1730. The molecule has 262 valence electrons. The van der Waals surface area contributed by atoms with E-state index in [1.807, 2.05) is 13.8 Å². The number of carbonyl (C=O) groups is 1. The Kier molecular flexibility index (Phi) is 12.4. The molecular formula is C36H37F7N4O2. The van der Waals surface area contributed by atoms with Gasteiger partial charge in [-0.25, -0.2) is 4.39 Å². The molecule has 49 heavy (non-hydrogen) atoms. The average molecular weight is 691 g/mol. The van der Waals surface area contributed by atoms with E-state index in [4.69, 9.17) is 0 Å². The second kappa shape index (κ2) is 16.3. The van der Waals surface area contributed by atoms with Gasteiger partial charge >= 0.3 is 12.4 Å². The number of aromatic nitrogens is 2. The van der Waals surface area contributed by atoms with Crippen LogP contribution in [0.2, 0.25) is 0 Å². The van der Waals surface area contributed by atoms with Crippen LogP contribution in [0.4, 0.5) is 30.7 Å². The second-order valence-corrected chi connectivity index (χ2v) is 11.6. The molecule has 3 aromatic carbocycles. The molecule has 0 bridgehead atoms. The minimum Gasteiger partial charge on any atom is -0.336 e. The fourth-order valence-corrected chi connectivity index (χ4v) is 5.37. The lowest BCUT2D eigenvalue weighted by molar-refractivity contribution is -0.137. The quantitative estimate of drug-likeness (QED) is 0.130. The molecule has 6 nitrogen and oxygen atoms in total. The summed E-state index contributed by atoms with van der Waals surface area (Å²) in [5.74, 6) is -0.719. The van der Waals surface area contributed by atoms with Gasteiger partial charge in [-0.3, -0.25) is 9.59 Å². The van der Waals surface area contributed by atoms with E-state index < -0.39 is 47.2 Å². The van der Waals surface area contributed by atoms with Crippen molar-refractivity contribution in [1.29, 1.82) is 0 Å². The van der Waals surface area contributed by atoms with E-state index in [0.29, 0.717) is 36.2 Å². The lowest BCUT2D eigenvalue weighted by atomic mass is 10.0. The van der Waals surface area contributed by atoms with Gasteiger partial charge < -0.3 is 14.4 Å². The van der Waals surface area contributed by atoms with Crippen LogP contribution in [0, 0.1) is 5.82 Å². The molecule has 4 aromatic rings. The van der Waals surface area contributed by atoms with Crippen molar-refractivity contribution in [3.8, 4) is 11.1 Å². The highest BCUT2D eigenvalue weighted by atomic mass is 19.4. The van der Waals surface area contributed by atoms with E-state index in [2.05, 4.69) is 9.88 Å². The minimum atomic E-state index is -4.67. The third kappa shape index (κ3) is 11.0. The van der Waals surface area contributed by atoms with Crippen LogP contribution < -0.4 is 5.56 Å². The molecule has 0 unspecified atom stereocenters. The van der Waals surface area contributed by atoms with Crippen LogP contribution in [-0.4, -0.2) is 57.6 Å². The summed E-state index contributed by atoms with van der Waals surface area (Å²) in [6.45, 7) is 6.04. The van der Waals surface area contributed by atoms with E-state index in [1.165, 1.54) is 28.8 Å². The molecule has 0 N–H and O–H groups in total. The zero-order valence-corrected chi connectivity index (χ0v) is 27.1. The van der Waals surface area contributed by atoms with Crippen molar-refractivity contribution in [2.75, 3.05) is 26.2 Å². The minimum absolute atomic E-state index is 0.116. The first-order chi connectivity index (χ1) is 23.1. The van der Waals surface area contributed by atoms with Gasteiger partial charge in [-0.1, -0.05) is 62.4 Å². The number of benzene rings is 3. The van der Waals surface area contributed by atoms with Gasteiger partial charge in [-0.2, -0.15) is 31.3 Å². The smallest absolute Gasteiger partial charge is 0.336 e. The summed E-state index contributed by atoms with van der Waals surface area (Å²) in [5, 5.41) is 0. The second-order valence-electron chi connectivity index (χ2n) is 11.6. The summed E-state index contributed by atoms with van der Waals surface area (Å²) < 4.78 is 93.6. The first-order valence-corrected chi connectivity index (χ1v) is 15.8. The van der Waals surface area contributed by atoms with Crippen molar-refractivity contribution in [3.63, 3.8) is 0 Å². The van der Waals surface area contributed by atoms with Gasteiger partial charge in [0.2, 0.25) is 5.91 Å². The molecule has 0 saturated heterocycles. The topological polar surface area (TPSA) is 58.4 Å². The van der Waals surface area contributed by atoms with Crippen LogP contribution in [-0.2, 0) is 43.3 Å². The first-order valence-electron chi connectivity index (χ1n) is 15.8. The summed E-state index contributed by atoms with van der Waals surface area (Å²) >= 11 is 0. The average Bonchev–Trinajstić information content (AvgIpc) is 3.05. The zero-order valence-electron chi connectivity index (χ0n) is 27.1. The molecule has 0 fully saturated rings. The van der Waals surface area contributed by atoms with Crippen molar-refractivity contribution >= 4 is 5.91 Å². The Hall–Kier alpha value is -4.52. The molecule has 1 heterocycles. The largest absolute Gasteiger partial charge is 0.416 e. The molecule has 0 aliphatic rings. The standard InChI is InChI=1S/C36H37F7N4O2/c1-3-45(4-2)19-20-46(22-26-5-10-27(11-6-26)28-12-14-30(15-13-28)36(41,42)43)33(48)24-47-23-29(21-35(38,39)40)34(49)44-32(47)18-9-25-7-16-31(37)17-8-25/h5-8,10-17,23H,3-4,9,18-22,24H2,1-2H3. The highest BCUT2D eigenvalue weighted by molar-refractivity contribution is 5.76. The molecule has 0 saturated carbocycles. The Morgan fingerprint density at radius 2 is 1.35 bits per heavy atom. The van der Waals surface area contributed by atoms with Crippen LogP contribution in [0.15, 0.2) is 83.8 Å². The van der Waals surface area contributed by atoms with Crippen molar-refractivity contribution in [2.45, 2.75) is 58.6 Å². The Balaban J connectivity index is 1.59. The van der Waals surface area contributed by atoms with Crippen LogP contribution >= 0.6 is 0 Å². The molecule has 13 heteroatoms. The predicted octanol–water partition coefficient (Wildman–Crippen LogP) is 7.33. The van der Waals surface area contributed by atoms with Gasteiger partial charge in [0.1, 0.15) is 18.2 Å². The van der Waals surface area contributed by atoms with Crippen molar-refractivity contribution in [3.05, 3.63) is 123 Å². The SMILES string of the molecule is CCN(CC)CCN(Cc1ccc(-c2ccc(C(F)(F)F)cc2)cc1)C(=O)Cn1cc(CC(F)(F)F)c(=O)nc1CCc1ccc(F)cc1. The van der Waals surface area contributed by atoms with Gasteiger partial charge in [0.25, 0.3) is 5.56 Å². The molecule has 0 aliphatic heterocycles. The molecule has 0 spiro atoms. The highest BCUT2D eigenvalue weighted by Crippen LogP contribution is 2.31. The number of carbonyl (C=O) groups excluding carboxylic acids is 1. The summed E-state index contributed by atoms with van der Waals surface area (Å²) in [6.07, 6.45) is -9.15. The van der Waals surface area contributed by atoms with Crippen LogP contribution in [0.3, 0.4) is 0 Å². The number of halogens is 7. The highest BCUT2D eigenvalue weighted by Gasteiger charge is 2.31. The molecule has 0 atom stereocenters. The number of hydrogen-bond donors (Lipinski definition) is 0. The Morgan fingerprint density at radius 3 is 1.90 bits per heavy atom. The number of aryl methyl sites for hydroxylation is 2. The monoisotopic (exact) mass is 690 g/mol. The van der Waals surface area contributed by atoms with E-state index >= 15 is 0 Å². The van der Waals surface area contributed by atoms with Gasteiger partial charge in [0.15, 0.2) is 0 Å². The lowest BCUT2D eigenvalue weighted by Crippen LogP contribution is -2.40. The first kappa shape index (κ1) is 37.3. The van der Waals surface area contributed by atoms with Crippen LogP contribution in [0.1, 0.15) is 41.9 Å². The van der Waals surface area contributed by atoms with Crippen molar-refractivity contribution < 1.29 is 35.5 Å². The third-order valence-corrected chi connectivity index (χ3v) is 8.20. The van der Waals surface area contributed by atoms with Gasteiger partial charge in [0, 0.05) is 37.8 Å². The van der Waals surface area contributed by atoms with E-state index in [-0.39, 0.29) is 25.3 Å². The fraction of sp³-hybridized carbons (Fsp3) is 0.361. The van der Waals surface area contributed by atoms with Crippen molar-refractivity contribution in [2.24, 2.45) is 0 Å². The van der Waals surface area contributed by atoms with Gasteiger partial charge in [-0.05, 0) is 66.0 Å². The van der Waals surface area contributed by atoms with Gasteiger partial charge in [-0.15, -0.1) is 0 Å². The number of rotatable bonds is 14. The number of likely N-dealkylation sites (N-methyl/N-ethyl adjacent to an activating group) is 1. The molecule has 4 rings (SSSR count). The maximum absolute atomic E-state index is 13.9. The van der Waals surface area contributed by atoms with E-state index in [1.54, 1.807) is 41.3 Å². The number of alkyl halides is 6. The summed E-state index contributed by atoms with van der Waals surface area (Å²) in [5.41, 5.74) is 0.353. The van der Waals surface area contributed by atoms with Crippen LogP contribution in [0.5, 0.6) is 0 Å². The Morgan fingerprint density at radius 1 is 0.776 bits per heavy atom. The summed E-state index contributed by atoms with van der Waals surface area (Å²) in [4.78, 5) is 34.1. The lowest BCUT2D eigenvalue weighted by Gasteiger charge is -2.27. The maximum Gasteiger partial charge on any atom is 0.416 e. The summed E-state index contributed by atoms with van der Waals surface area (Å²) in [6, 6.07) is 17.5. The number of amides is 1. The van der Waals surface area contributed by atoms with Crippen molar-refractivity contribution in [1.82, 2.24) is 19.4 Å². The van der Waals surface area contributed by atoms with Crippen LogP contribution in [0.25, 0.3) is 11.1 Å². The zero-order chi connectivity index (χ0) is 35.8. The fourth-order valence-electron chi connectivity index (χ4n) is 5.37. The Labute approximate surface area is 279 Å². The molecule has 0 radical (unpaired) electrons. The summed E-state index contributed by atoms with van der Waals surface area (Å²) in [7, 11) is 0. The van der Waals surface area contributed by atoms with Gasteiger partial charge in [0.05, 0.1) is 12.0 Å². The third-order valence-electron chi connectivity index (χ3n) is 8.20. The predicted molar refractivity (Wildman–Crippen MR) is 172 cm³/mol. The maximum atomic E-state index is 13.9. The van der Waals surface area contributed by atoms with E-state index in [0.717, 1.165) is 37.0 Å². The van der Waals surface area contributed by atoms with E-state index in [9.17, 15) is 40.3 Å². The molecular weight excluding hydrogens is 653 g/mol.